The molecule has 0 aliphatic carbocycles. The molecule has 0 bridgehead atoms. The fourth-order valence-electron chi connectivity index (χ4n) is 3.81. The quantitative estimate of drug-likeness (QED) is 0.434. The summed E-state index contributed by atoms with van der Waals surface area (Å²) in [5.74, 6) is 0.800. The van der Waals surface area contributed by atoms with Gasteiger partial charge in [-0.25, -0.2) is 14.4 Å². The second-order valence-electron chi connectivity index (χ2n) is 7.49. The van der Waals surface area contributed by atoms with Crippen molar-refractivity contribution < 1.29 is 13.7 Å². The van der Waals surface area contributed by atoms with Crippen molar-refractivity contribution in [2.24, 2.45) is 12.0 Å². The molecule has 1 aliphatic rings. The SMILES string of the molecule is C=Nc1nn(C)c(C#N)c1-c1cnc(N)c(O[C@H](C)c2cc(F)ccc2N2CCC[S+]2[O-])c1. The standard InChI is InChI=1S/C22H22FN7O2S/c1-13(16-10-15(23)5-6-17(16)30-7-4-8-33(30)31)32-19-9-14(12-27-21(19)25)20-18(11-24)29(3)28-22(20)26-2/h5-6,9-10,12-13H,2,4,7-8H2,1,3H3,(H2,25,27)/t13-,33?/m1/s1. The second kappa shape index (κ2) is 9.09. The van der Waals surface area contributed by atoms with Gasteiger partial charge in [0.25, 0.3) is 0 Å². The number of nitrogens with zero attached hydrogens (tertiary/aromatic N) is 6. The molecule has 1 fully saturated rings. The van der Waals surface area contributed by atoms with Crippen LogP contribution in [0.1, 0.15) is 30.7 Å². The fourth-order valence-corrected chi connectivity index (χ4v) is 5.12. The number of anilines is 2. The monoisotopic (exact) mass is 467 g/mol. The van der Waals surface area contributed by atoms with Crippen LogP contribution in [0.5, 0.6) is 5.75 Å². The van der Waals surface area contributed by atoms with E-state index in [0.29, 0.717) is 34.7 Å². The summed E-state index contributed by atoms with van der Waals surface area (Å²) in [5, 5.41) is 13.8. The van der Waals surface area contributed by atoms with Crippen LogP contribution in [0, 0.1) is 17.1 Å². The third-order valence-electron chi connectivity index (χ3n) is 5.38. The molecule has 1 aliphatic heterocycles. The maximum atomic E-state index is 14.1. The summed E-state index contributed by atoms with van der Waals surface area (Å²) >= 11 is -1.17. The molecule has 4 rings (SSSR count). The number of halogens is 1. The van der Waals surface area contributed by atoms with E-state index < -0.39 is 23.3 Å². The van der Waals surface area contributed by atoms with Gasteiger partial charge in [0.05, 0.1) is 29.2 Å². The Labute approximate surface area is 193 Å². The van der Waals surface area contributed by atoms with E-state index in [9.17, 15) is 14.2 Å². The average molecular weight is 468 g/mol. The molecule has 170 valence electrons. The molecule has 3 heterocycles. The van der Waals surface area contributed by atoms with Crippen molar-refractivity contribution in [2.45, 2.75) is 19.4 Å². The molecule has 2 N–H and O–H groups in total. The Kier molecular flexibility index (Phi) is 6.22. The minimum absolute atomic E-state index is 0.129. The van der Waals surface area contributed by atoms with Gasteiger partial charge >= 0.3 is 0 Å². The lowest BCUT2D eigenvalue weighted by Crippen LogP contribution is -2.27. The number of nitriles is 1. The number of hydrogen-bond acceptors (Lipinski definition) is 8. The highest BCUT2D eigenvalue weighted by atomic mass is 32.2. The minimum atomic E-state index is -1.17. The zero-order chi connectivity index (χ0) is 23.7. The van der Waals surface area contributed by atoms with Crippen LogP contribution >= 0.6 is 0 Å². The predicted molar refractivity (Wildman–Crippen MR) is 125 cm³/mol. The van der Waals surface area contributed by atoms with Crippen molar-refractivity contribution in [3.63, 3.8) is 0 Å². The highest BCUT2D eigenvalue weighted by molar-refractivity contribution is 7.93. The first-order valence-electron chi connectivity index (χ1n) is 10.2. The number of aryl methyl sites for hydroxylation is 1. The van der Waals surface area contributed by atoms with Crippen LogP contribution < -0.4 is 14.8 Å². The molecule has 0 saturated carbocycles. The summed E-state index contributed by atoms with van der Waals surface area (Å²) in [7, 11) is 1.63. The molecule has 33 heavy (non-hydrogen) atoms. The van der Waals surface area contributed by atoms with Gasteiger partial charge in [-0.1, -0.05) is 0 Å². The molecule has 0 spiro atoms. The lowest BCUT2D eigenvalue weighted by molar-refractivity contribution is 0.227. The Morgan fingerprint density at radius 2 is 2.21 bits per heavy atom. The molecule has 9 nitrogen and oxygen atoms in total. The maximum Gasteiger partial charge on any atom is 0.182 e. The highest BCUT2D eigenvalue weighted by Gasteiger charge is 2.31. The Bertz CT molecular complexity index is 1260. The number of aliphatic imine (C=N–C) groups is 1. The van der Waals surface area contributed by atoms with E-state index in [1.807, 2.05) is 0 Å². The van der Waals surface area contributed by atoms with Crippen LogP contribution in [0.4, 0.5) is 21.7 Å². The van der Waals surface area contributed by atoms with E-state index in [-0.39, 0.29) is 23.1 Å². The number of nitrogen functional groups attached to an aromatic ring is 1. The summed E-state index contributed by atoms with van der Waals surface area (Å²) in [5.41, 5.74) is 8.53. The van der Waals surface area contributed by atoms with Crippen molar-refractivity contribution in [1.82, 2.24) is 14.8 Å². The van der Waals surface area contributed by atoms with Gasteiger partial charge in [-0.3, -0.25) is 4.68 Å². The van der Waals surface area contributed by atoms with Crippen molar-refractivity contribution in [3.8, 4) is 22.9 Å². The third kappa shape index (κ3) is 4.22. The van der Waals surface area contributed by atoms with Crippen molar-refractivity contribution in [3.05, 3.63) is 47.5 Å². The molecule has 0 radical (unpaired) electrons. The van der Waals surface area contributed by atoms with Gasteiger partial charge < -0.3 is 15.0 Å². The molecular formula is C22H22FN7O2S. The number of pyridine rings is 1. The number of aromatic nitrogens is 3. The van der Waals surface area contributed by atoms with E-state index in [1.165, 1.54) is 23.0 Å². The van der Waals surface area contributed by atoms with Gasteiger partial charge in [0.2, 0.25) is 0 Å². The largest absolute Gasteiger partial charge is 0.593 e. The first-order chi connectivity index (χ1) is 15.8. The normalized spacial score (nSPS) is 16.5. The molecule has 3 aromatic rings. The summed E-state index contributed by atoms with van der Waals surface area (Å²) in [6.07, 6.45) is 1.67. The topological polar surface area (TPSA) is 128 Å². The average Bonchev–Trinajstić information content (AvgIpc) is 3.37. The highest BCUT2D eigenvalue weighted by Crippen LogP contribution is 2.38. The summed E-state index contributed by atoms with van der Waals surface area (Å²) in [4.78, 5) is 8.10. The fraction of sp³-hybridized carbons (Fsp3) is 0.273. The molecule has 1 aromatic carbocycles. The van der Waals surface area contributed by atoms with E-state index in [1.54, 1.807) is 30.4 Å². The van der Waals surface area contributed by atoms with Crippen molar-refractivity contribution >= 4 is 35.4 Å². The van der Waals surface area contributed by atoms with Crippen LogP contribution in [0.3, 0.4) is 0 Å². The van der Waals surface area contributed by atoms with E-state index >= 15 is 0 Å². The number of hydrogen-bond donors (Lipinski definition) is 1. The number of benzene rings is 1. The summed E-state index contributed by atoms with van der Waals surface area (Å²) in [6.45, 7) is 5.89. The van der Waals surface area contributed by atoms with Gasteiger partial charge in [0, 0.05) is 30.8 Å². The number of ether oxygens (including phenoxy) is 1. The van der Waals surface area contributed by atoms with Gasteiger partial charge in [0.1, 0.15) is 29.4 Å². The van der Waals surface area contributed by atoms with Crippen molar-refractivity contribution in [2.75, 3.05) is 22.3 Å². The summed E-state index contributed by atoms with van der Waals surface area (Å²) < 4.78 is 35.8. The molecule has 2 aromatic heterocycles. The first kappa shape index (κ1) is 22.6. The molecule has 1 saturated heterocycles. The first-order valence-corrected chi connectivity index (χ1v) is 11.4. The Morgan fingerprint density at radius 1 is 1.42 bits per heavy atom. The third-order valence-corrected chi connectivity index (χ3v) is 6.89. The van der Waals surface area contributed by atoms with Crippen molar-refractivity contribution in [1.29, 1.82) is 5.26 Å². The van der Waals surface area contributed by atoms with Gasteiger partial charge in [-0.2, -0.15) is 14.7 Å². The molecule has 0 amide bonds. The lowest BCUT2D eigenvalue weighted by atomic mass is 10.1. The number of rotatable bonds is 6. The zero-order valence-corrected chi connectivity index (χ0v) is 19.0. The smallest absolute Gasteiger partial charge is 0.182 e. The Balaban J connectivity index is 1.71. The van der Waals surface area contributed by atoms with Crippen LogP contribution in [-0.4, -0.2) is 38.3 Å². The molecule has 1 unspecified atom stereocenters. The van der Waals surface area contributed by atoms with Gasteiger partial charge in [-0.05, 0) is 37.9 Å². The van der Waals surface area contributed by atoms with Crippen LogP contribution in [0.15, 0.2) is 35.5 Å². The Morgan fingerprint density at radius 3 is 2.88 bits per heavy atom. The van der Waals surface area contributed by atoms with Crippen LogP contribution in [-0.2, 0) is 18.4 Å². The lowest BCUT2D eigenvalue weighted by Gasteiger charge is -2.25. The van der Waals surface area contributed by atoms with E-state index in [2.05, 4.69) is 27.9 Å². The predicted octanol–water partition coefficient (Wildman–Crippen LogP) is 3.42. The minimum Gasteiger partial charge on any atom is -0.593 e. The second-order valence-corrected chi connectivity index (χ2v) is 8.98. The van der Waals surface area contributed by atoms with E-state index in [0.717, 1.165) is 6.42 Å². The maximum absolute atomic E-state index is 14.1. The number of nitrogens with two attached hydrogens (primary N) is 1. The molecule has 11 heteroatoms. The molecular weight excluding hydrogens is 445 g/mol. The van der Waals surface area contributed by atoms with Crippen LogP contribution in [0.25, 0.3) is 11.1 Å². The summed E-state index contributed by atoms with van der Waals surface area (Å²) in [6, 6.07) is 8.07. The van der Waals surface area contributed by atoms with Gasteiger partial charge in [0.15, 0.2) is 17.4 Å². The van der Waals surface area contributed by atoms with Gasteiger partial charge in [-0.15, -0.1) is 0 Å². The van der Waals surface area contributed by atoms with Crippen LogP contribution in [0.2, 0.25) is 0 Å². The zero-order valence-electron chi connectivity index (χ0n) is 18.2. The molecule has 2 atom stereocenters. The Hall–Kier alpha value is -3.62. The van der Waals surface area contributed by atoms with E-state index in [4.69, 9.17) is 10.5 Å².